The fourth-order valence-electron chi connectivity index (χ4n) is 3.28. The maximum absolute atomic E-state index is 12.8. The zero-order valence-corrected chi connectivity index (χ0v) is 17.2. The largest absolute Gasteiger partial charge is 0.455 e. The number of aryl methyl sites for hydroxylation is 1. The minimum absolute atomic E-state index is 0.103. The van der Waals surface area contributed by atoms with Crippen molar-refractivity contribution in [2.24, 2.45) is 5.92 Å². The van der Waals surface area contributed by atoms with Gasteiger partial charge < -0.3 is 14.8 Å². The highest BCUT2D eigenvalue weighted by molar-refractivity contribution is 7.89. The molecule has 1 aliphatic carbocycles. The number of hydrogen-bond acceptors (Lipinski definition) is 6. The van der Waals surface area contributed by atoms with E-state index in [9.17, 15) is 18.0 Å². The Morgan fingerprint density at radius 2 is 2.00 bits per heavy atom. The van der Waals surface area contributed by atoms with Crippen LogP contribution in [0.2, 0.25) is 0 Å². The van der Waals surface area contributed by atoms with Gasteiger partial charge in [0.1, 0.15) is 0 Å². The molecule has 1 atom stereocenters. The molecule has 3 rings (SSSR count). The molecule has 8 nitrogen and oxygen atoms in total. The summed E-state index contributed by atoms with van der Waals surface area (Å²) in [7, 11) is -3.67. The molecule has 0 saturated carbocycles. The van der Waals surface area contributed by atoms with Gasteiger partial charge in [0, 0.05) is 18.8 Å². The van der Waals surface area contributed by atoms with Crippen LogP contribution in [0, 0.1) is 12.8 Å². The van der Waals surface area contributed by atoms with Gasteiger partial charge in [-0.3, -0.25) is 9.59 Å². The number of amides is 1. The van der Waals surface area contributed by atoms with E-state index in [0.29, 0.717) is 44.0 Å². The van der Waals surface area contributed by atoms with Crippen molar-refractivity contribution in [2.75, 3.05) is 38.2 Å². The molecule has 1 heterocycles. The SMILES string of the molecule is Cc1ccc(S(=O)(=O)N2CCOCC2)cc1NC(=O)COC(=O)[C@H]1CC=CCC1. The first-order valence-corrected chi connectivity index (χ1v) is 11.1. The molecule has 158 valence electrons. The average Bonchev–Trinajstić information content (AvgIpc) is 2.74. The molecule has 0 aromatic heterocycles. The minimum atomic E-state index is -3.67. The summed E-state index contributed by atoms with van der Waals surface area (Å²) in [6.45, 7) is 2.67. The van der Waals surface area contributed by atoms with Gasteiger partial charge in [0.2, 0.25) is 10.0 Å². The number of carbonyl (C=O) groups excluding carboxylic acids is 2. The molecule has 29 heavy (non-hydrogen) atoms. The normalized spacial score (nSPS) is 20.2. The number of ether oxygens (including phenoxy) is 2. The summed E-state index contributed by atoms with van der Waals surface area (Å²) in [5.74, 6) is -1.10. The van der Waals surface area contributed by atoms with E-state index < -0.39 is 22.5 Å². The van der Waals surface area contributed by atoms with Gasteiger partial charge in [0.25, 0.3) is 5.91 Å². The van der Waals surface area contributed by atoms with Crippen molar-refractivity contribution in [1.29, 1.82) is 0 Å². The fraction of sp³-hybridized carbons (Fsp3) is 0.500. The Kier molecular flexibility index (Phi) is 7.05. The van der Waals surface area contributed by atoms with E-state index in [4.69, 9.17) is 9.47 Å². The first-order chi connectivity index (χ1) is 13.9. The first kappa shape index (κ1) is 21.5. The van der Waals surface area contributed by atoms with E-state index in [0.717, 1.165) is 12.8 Å². The van der Waals surface area contributed by atoms with Crippen LogP contribution in [0.4, 0.5) is 5.69 Å². The highest BCUT2D eigenvalue weighted by atomic mass is 32.2. The Balaban J connectivity index is 1.62. The van der Waals surface area contributed by atoms with Crippen LogP contribution in [-0.2, 0) is 29.1 Å². The number of nitrogens with zero attached hydrogens (tertiary/aromatic N) is 1. The Morgan fingerprint density at radius 1 is 1.24 bits per heavy atom. The summed E-state index contributed by atoms with van der Waals surface area (Å²) in [5.41, 5.74) is 1.09. The molecule has 1 aliphatic heterocycles. The predicted octanol–water partition coefficient (Wildman–Crippen LogP) is 1.85. The van der Waals surface area contributed by atoms with Crippen molar-refractivity contribution < 1.29 is 27.5 Å². The standard InChI is InChI=1S/C20H26N2O6S/c1-15-7-8-17(29(25,26)22-9-11-27-12-10-22)13-18(15)21-19(23)14-28-20(24)16-5-3-2-4-6-16/h2-3,7-8,13,16H,4-6,9-12,14H2,1H3,(H,21,23)/t16-/m0/s1. The molecule has 0 spiro atoms. The summed E-state index contributed by atoms with van der Waals surface area (Å²) < 4.78 is 37.3. The molecule has 1 amide bonds. The monoisotopic (exact) mass is 422 g/mol. The van der Waals surface area contributed by atoms with Crippen LogP contribution in [0.5, 0.6) is 0 Å². The van der Waals surface area contributed by atoms with Gasteiger partial charge in [-0.1, -0.05) is 18.2 Å². The van der Waals surface area contributed by atoms with E-state index in [1.54, 1.807) is 13.0 Å². The fourth-order valence-corrected chi connectivity index (χ4v) is 4.72. The molecule has 1 saturated heterocycles. The summed E-state index contributed by atoms with van der Waals surface area (Å²) >= 11 is 0. The number of esters is 1. The first-order valence-electron chi connectivity index (χ1n) is 9.68. The van der Waals surface area contributed by atoms with E-state index in [1.807, 2.05) is 12.2 Å². The van der Waals surface area contributed by atoms with Gasteiger partial charge in [-0.2, -0.15) is 4.31 Å². The highest BCUT2D eigenvalue weighted by Crippen LogP contribution is 2.24. The Labute approximate surface area is 170 Å². The number of hydrogen-bond donors (Lipinski definition) is 1. The Bertz CT molecular complexity index is 890. The number of anilines is 1. The van der Waals surface area contributed by atoms with E-state index >= 15 is 0 Å². The van der Waals surface area contributed by atoms with Crippen molar-refractivity contribution in [3.8, 4) is 0 Å². The smallest absolute Gasteiger partial charge is 0.309 e. The molecule has 9 heteroatoms. The van der Waals surface area contributed by atoms with Crippen molar-refractivity contribution in [3.05, 3.63) is 35.9 Å². The van der Waals surface area contributed by atoms with Crippen LogP contribution in [-0.4, -0.2) is 57.5 Å². The second kappa shape index (κ2) is 9.51. The molecule has 1 aromatic carbocycles. The zero-order valence-electron chi connectivity index (χ0n) is 16.4. The number of allylic oxidation sites excluding steroid dienone is 2. The number of morpholine rings is 1. The summed E-state index contributed by atoms with van der Waals surface area (Å²) in [6, 6.07) is 4.60. The summed E-state index contributed by atoms with van der Waals surface area (Å²) in [5, 5.41) is 2.65. The number of carbonyl (C=O) groups is 2. The summed E-state index contributed by atoms with van der Waals surface area (Å²) in [4.78, 5) is 24.4. The van der Waals surface area contributed by atoms with Crippen molar-refractivity contribution in [1.82, 2.24) is 4.31 Å². The van der Waals surface area contributed by atoms with Gasteiger partial charge in [0.05, 0.1) is 24.0 Å². The maximum Gasteiger partial charge on any atom is 0.309 e. The number of benzene rings is 1. The zero-order chi connectivity index (χ0) is 20.9. The van der Waals surface area contributed by atoms with Crippen molar-refractivity contribution >= 4 is 27.6 Å². The topological polar surface area (TPSA) is 102 Å². The van der Waals surface area contributed by atoms with Crippen molar-refractivity contribution in [3.63, 3.8) is 0 Å². The average molecular weight is 423 g/mol. The quantitative estimate of drug-likeness (QED) is 0.555. The lowest BCUT2D eigenvalue weighted by atomic mass is 9.95. The summed E-state index contributed by atoms with van der Waals surface area (Å²) in [6.07, 6.45) is 6.14. The Morgan fingerprint density at radius 3 is 2.69 bits per heavy atom. The Hall–Kier alpha value is -2.23. The molecule has 1 fully saturated rings. The molecular weight excluding hydrogens is 396 g/mol. The van der Waals surface area contributed by atoms with Crippen LogP contribution in [0.1, 0.15) is 24.8 Å². The second-order valence-corrected chi connectivity index (χ2v) is 9.07. The van der Waals surface area contributed by atoms with Gasteiger partial charge in [-0.15, -0.1) is 0 Å². The van der Waals surface area contributed by atoms with Crippen LogP contribution in [0.15, 0.2) is 35.2 Å². The number of sulfonamides is 1. The van der Waals surface area contributed by atoms with E-state index in [1.165, 1.54) is 16.4 Å². The van der Waals surface area contributed by atoms with Crippen LogP contribution >= 0.6 is 0 Å². The number of rotatable bonds is 6. The van der Waals surface area contributed by atoms with Crippen LogP contribution in [0.25, 0.3) is 0 Å². The molecule has 0 bridgehead atoms. The lowest BCUT2D eigenvalue weighted by Crippen LogP contribution is -2.40. The van der Waals surface area contributed by atoms with Crippen molar-refractivity contribution in [2.45, 2.75) is 31.1 Å². The molecule has 2 aliphatic rings. The minimum Gasteiger partial charge on any atom is -0.455 e. The van der Waals surface area contributed by atoms with Gasteiger partial charge in [-0.05, 0) is 43.9 Å². The third-order valence-corrected chi connectivity index (χ3v) is 6.93. The third kappa shape index (κ3) is 5.43. The molecule has 1 aromatic rings. The van der Waals surface area contributed by atoms with Gasteiger partial charge in [-0.25, -0.2) is 8.42 Å². The van der Waals surface area contributed by atoms with Crippen LogP contribution in [0.3, 0.4) is 0 Å². The maximum atomic E-state index is 12.8. The predicted molar refractivity (Wildman–Crippen MR) is 107 cm³/mol. The molecular formula is C20H26N2O6S. The number of nitrogens with one attached hydrogen (secondary N) is 1. The van der Waals surface area contributed by atoms with Gasteiger partial charge >= 0.3 is 5.97 Å². The lowest BCUT2D eigenvalue weighted by molar-refractivity contribution is -0.151. The van der Waals surface area contributed by atoms with Gasteiger partial charge in [0.15, 0.2) is 6.61 Å². The molecule has 0 unspecified atom stereocenters. The molecule has 0 radical (unpaired) electrons. The van der Waals surface area contributed by atoms with E-state index in [-0.39, 0.29) is 16.8 Å². The lowest BCUT2D eigenvalue weighted by Gasteiger charge is -2.26. The van der Waals surface area contributed by atoms with E-state index in [2.05, 4.69) is 5.32 Å². The second-order valence-electron chi connectivity index (χ2n) is 7.13. The third-order valence-electron chi connectivity index (χ3n) is 5.04. The highest BCUT2D eigenvalue weighted by Gasteiger charge is 2.27. The molecule has 1 N–H and O–H groups in total. The van der Waals surface area contributed by atoms with Crippen LogP contribution < -0.4 is 5.32 Å².